The predicted molar refractivity (Wildman–Crippen MR) is 127 cm³/mol. The standard InChI is InChI=1S/C24H22N8O2/c1-4-20(33)17-13-26-22(30-21-10-5-7-15(12-25)28-21)11-19(17)29-18-9-6-8-16(23(18)34-3)24-27-14-32(2)31-24/h5-11,13-14H,4H2,1-3H3,(H2,26,28,29,30). The van der Waals surface area contributed by atoms with E-state index >= 15 is 0 Å². The number of nitrogens with one attached hydrogen (secondary N) is 2. The van der Waals surface area contributed by atoms with E-state index in [2.05, 4.69) is 30.7 Å². The Morgan fingerprint density at radius 2 is 1.94 bits per heavy atom. The molecule has 3 heterocycles. The summed E-state index contributed by atoms with van der Waals surface area (Å²) < 4.78 is 7.30. The lowest BCUT2D eigenvalue weighted by Crippen LogP contribution is -2.07. The average molecular weight is 454 g/mol. The lowest BCUT2D eigenvalue weighted by Gasteiger charge is -2.17. The number of aromatic nitrogens is 5. The maximum Gasteiger partial charge on any atom is 0.184 e. The SMILES string of the molecule is CCC(=O)c1cnc(Nc2cccc(C#N)n2)cc1Nc1cccc(-c2ncn(C)n2)c1OC. The fraction of sp³-hybridized carbons (Fsp3) is 0.167. The first-order chi connectivity index (χ1) is 16.5. The third-order valence-corrected chi connectivity index (χ3v) is 4.97. The van der Waals surface area contributed by atoms with Crippen molar-refractivity contribution in [3.05, 3.63) is 66.2 Å². The van der Waals surface area contributed by atoms with Gasteiger partial charge in [0, 0.05) is 25.7 Å². The number of nitriles is 1. The van der Waals surface area contributed by atoms with Crippen molar-refractivity contribution in [2.24, 2.45) is 7.05 Å². The van der Waals surface area contributed by atoms with E-state index in [0.717, 1.165) is 0 Å². The zero-order chi connectivity index (χ0) is 24.1. The van der Waals surface area contributed by atoms with E-state index in [0.29, 0.717) is 52.1 Å². The second-order valence-electron chi connectivity index (χ2n) is 7.29. The summed E-state index contributed by atoms with van der Waals surface area (Å²) in [5.74, 6) is 1.92. The van der Waals surface area contributed by atoms with Gasteiger partial charge in [-0.25, -0.2) is 15.0 Å². The van der Waals surface area contributed by atoms with Gasteiger partial charge in [-0.05, 0) is 24.3 Å². The van der Waals surface area contributed by atoms with Crippen molar-refractivity contribution < 1.29 is 9.53 Å². The minimum atomic E-state index is -0.0623. The Bertz CT molecular complexity index is 1390. The third kappa shape index (κ3) is 4.68. The van der Waals surface area contributed by atoms with Crippen LogP contribution in [0, 0.1) is 11.3 Å². The maximum atomic E-state index is 12.6. The summed E-state index contributed by atoms with van der Waals surface area (Å²) in [4.78, 5) is 25.5. The molecule has 4 aromatic rings. The Hall–Kier alpha value is -4.78. The highest BCUT2D eigenvalue weighted by Gasteiger charge is 2.18. The zero-order valence-corrected chi connectivity index (χ0v) is 18.9. The van der Waals surface area contributed by atoms with Gasteiger partial charge in [-0.3, -0.25) is 9.48 Å². The smallest absolute Gasteiger partial charge is 0.184 e. The number of ketones is 1. The lowest BCUT2D eigenvalue weighted by atomic mass is 10.1. The van der Waals surface area contributed by atoms with Crippen LogP contribution in [0.1, 0.15) is 29.4 Å². The molecule has 0 atom stereocenters. The second-order valence-corrected chi connectivity index (χ2v) is 7.29. The van der Waals surface area contributed by atoms with Gasteiger partial charge < -0.3 is 15.4 Å². The van der Waals surface area contributed by atoms with Crippen LogP contribution in [0.5, 0.6) is 5.75 Å². The van der Waals surface area contributed by atoms with Crippen molar-refractivity contribution >= 4 is 28.8 Å². The molecule has 0 aliphatic carbocycles. The van der Waals surface area contributed by atoms with Gasteiger partial charge in [-0.2, -0.15) is 10.4 Å². The molecule has 10 nitrogen and oxygen atoms in total. The number of para-hydroxylation sites is 1. The highest BCUT2D eigenvalue weighted by Crippen LogP contribution is 2.37. The number of rotatable bonds is 8. The van der Waals surface area contributed by atoms with Crippen molar-refractivity contribution in [2.75, 3.05) is 17.7 Å². The number of pyridine rings is 2. The third-order valence-electron chi connectivity index (χ3n) is 4.97. The van der Waals surface area contributed by atoms with Gasteiger partial charge in [-0.15, -0.1) is 0 Å². The number of nitrogens with zero attached hydrogens (tertiary/aromatic N) is 6. The van der Waals surface area contributed by atoms with Crippen molar-refractivity contribution in [1.29, 1.82) is 5.26 Å². The Labute approximate surface area is 196 Å². The summed E-state index contributed by atoms with van der Waals surface area (Å²) in [5, 5.41) is 19.8. The van der Waals surface area contributed by atoms with E-state index in [9.17, 15) is 4.79 Å². The topological polar surface area (TPSA) is 131 Å². The molecular formula is C24H22N8O2. The first-order valence-electron chi connectivity index (χ1n) is 10.5. The van der Waals surface area contributed by atoms with Gasteiger partial charge >= 0.3 is 0 Å². The van der Waals surface area contributed by atoms with Gasteiger partial charge in [0.05, 0.1) is 29.6 Å². The van der Waals surface area contributed by atoms with Crippen molar-refractivity contribution in [1.82, 2.24) is 24.7 Å². The largest absolute Gasteiger partial charge is 0.494 e. The van der Waals surface area contributed by atoms with Crippen LogP contribution in [0.15, 0.2) is 55.0 Å². The highest BCUT2D eigenvalue weighted by atomic mass is 16.5. The molecule has 0 amide bonds. The molecule has 0 aliphatic heterocycles. The van der Waals surface area contributed by atoms with Crippen LogP contribution in [-0.2, 0) is 7.05 Å². The lowest BCUT2D eigenvalue weighted by molar-refractivity contribution is 0.0988. The highest BCUT2D eigenvalue weighted by molar-refractivity contribution is 6.02. The number of carbonyl (C=O) groups is 1. The summed E-state index contributed by atoms with van der Waals surface area (Å²) in [7, 11) is 3.36. The molecular weight excluding hydrogens is 432 g/mol. The second kappa shape index (κ2) is 9.79. The Morgan fingerprint density at radius 3 is 2.65 bits per heavy atom. The van der Waals surface area contributed by atoms with Crippen molar-refractivity contribution in [3.63, 3.8) is 0 Å². The van der Waals surface area contributed by atoms with Gasteiger partial charge in [0.1, 0.15) is 29.7 Å². The van der Waals surface area contributed by atoms with Gasteiger partial charge in [0.2, 0.25) is 0 Å². The maximum absolute atomic E-state index is 12.6. The number of hydrogen-bond donors (Lipinski definition) is 2. The Morgan fingerprint density at radius 1 is 1.12 bits per heavy atom. The molecule has 0 bridgehead atoms. The molecule has 34 heavy (non-hydrogen) atoms. The molecule has 170 valence electrons. The van der Waals surface area contributed by atoms with Crippen LogP contribution in [0.25, 0.3) is 11.4 Å². The molecule has 0 spiro atoms. The van der Waals surface area contributed by atoms with E-state index in [-0.39, 0.29) is 11.5 Å². The monoisotopic (exact) mass is 454 g/mol. The Kier molecular flexibility index (Phi) is 6.45. The first kappa shape index (κ1) is 22.4. The number of anilines is 4. The number of hydrogen-bond acceptors (Lipinski definition) is 9. The van der Waals surface area contributed by atoms with Crippen LogP contribution in [0.3, 0.4) is 0 Å². The molecule has 10 heteroatoms. The van der Waals surface area contributed by atoms with Crippen LogP contribution in [0.4, 0.5) is 23.0 Å². The molecule has 1 aromatic carbocycles. The normalized spacial score (nSPS) is 10.4. The van der Waals surface area contributed by atoms with E-state index in [4.69, 9.17) is 10.00 Å². The summed E-state index contributed by atoms with van der Waals surface area (Å²) in [6.07, 6.45) is 3.45. The molecule has 0 aliphatic rings. The molecule has 0 saturated heterocycles. The Balaban J connectivity index is 1.73. The van der Waals surface area contributed by atoms with E-state index in [1.165, 1.54) is 6.20 Å². The summed E-state index contributed by atoms with van der Waals surface area (Å²) in [6.45, 7) is 1.80. The number of ether oxygens (including phenoxy) is 1. The average Bonchev–Trinajstić information content (AvgIpc) is 3.29. The number of carbonyl (C=O) groups excluding carboxylic acids is 1. The number of methoxy groups -OCH3 is 1. The summed E-state index contributed by atoms with van der Waals surface area (Å²) in [6, 6.07) is 14.4. The van der Waals surface area contributed by atoms with E-state index < -0.39 is 0 Å². The van der Waals surface area contributed by atoms with Gasteiger partial charge in [0.25, 0.3) is 0 Å². The van der Waals surface area contributed by atoms with Crippen LogP contribution < -0.4 is 15.4 Å². The zero-order valence-electron chi connectivity index (χ0n) is 18.9. The fourth-order valence-corrected chi connectivity index (χ4v) is 3.38. The van der Waals surface area contributed by atoms with Crippen LogP contribution >= 0.6 is 0 Å². The van der Waals surface area contributed by atoms with E-state index in [1.54, 1.807) is 56.4 Å². The molecule has 0 radical (unpaired) electrons. The fourth-order valence-electron chi connectivity index (χ4n) is 3.38. The molecule has 3 aromatic heterocycles. The number of benzene rings is 1. The number of Topliss-reactive ketones (excluding diaryl/α,β-unsaturated/α-hetero) is 1. The molecule has 0 unspecified atom stereocenters. The number of aryl methyl sites for hydroxylation is 1. The quantitative estimate of drug-likeness (QED) is 0.375. The van der Waals surface area contributed by atoms with Crippen LogP contribution in [0.2, 0.25) is 0 Å². The summed E-state index contributed by atoms with van der Waals surface area (Å²) >= 11 is 0. The predicted octanol–water partition coefficient (Wildman–Crippen LogP) is 4.23. The van der Waals surface area contributed by atoms with Gasteiger partial charge in [-0.1, -0.05) is 19.1 Å². The van der Waals surface area contributed by atoms with Crippen molar-refractivity contribution in [3.8, 4) is 23.2 Å². The van der Waals surface area contributed by atoms with Crippen LogP contribution in [-0.4, -0.2) is 37.6 Å². The summed E-state index contributed by atoms with van der Waals surface area (Å²) in [5.41, 5.74) is 2.62. The molecule has 0 fully saturated rings. The van der Waals surface area contributed by atoms with E-state index in [1.807, 2.05) is 24.3 Å². The minimum absolute atomic E-state index is 0.0623. The molecule has 0 saturated carbocycles. The molecule has 4 rings (SSSR count). The molecule has 2 N–H and O–H groups in total. The van der Waals surface area contributed by atoms with Gasteiger partial charge in [0.15, 0.2) is 17.4 Å². The van der Waals surface area contributed by atoms with Crippen molar-refractivity contribution in [2.45, 2.75) is 13.3 Å². The minimum Gasteiger partial charge on any atom is -0.494 e. The first-order valence-corrected chi connectivity index (χ1v) is 10.5.